The van der Waals surface area contributed by atoms with Crippen LogP contribution in [-0.2, 0) is 0 Å². The van der Waals surface area contributed by atoms with Crippen molar-refractivity contribution in [2.75, 3.05) is 0 Å². The van der Waals surface area contributed by atoms with E-state index in [4.69, 9.17) is 0 Å². The SMILES string of the molecule is CCCCCCCCCC(CCCCCCC)c1c(Br)sc2c1sc1c3cc4c(=O)c5c6sc(Br)c(C(CCCCCCC)CCCCCCCCC)c6sc5c4cc3c(=O)c21. The molecule has 62 heavy (non-hydrogen) atoms. The van der Waals surface area contributed by atoms with Crippen molar-refractivity contribution in [3.05, 3.63) is 51.3 Å². The van der Waals surface area contributed by atoms with Crippen molar-refractivity contribution < 1.29 is 0 Å². The van der Waals surface area contributed by atoms with E-state index in [0.717, 1.165) is 51.1 Å². The van der Waals surface area contributed by atoms with Gasteiger partial charge in [0.1, 0.15) is 0 Å². The van der Waals surface area contributed by atoms with Crippen molar-refractivity contribution >= 4 is 138 Å². The quantitative estimate of drug-likeness (QED) is 0.0421. The third-order valence-electron chi connectivity index (χ3n) is 14.1. The van der Waals surface area contributed by atoms with Gasteiger partial charge in [0.25, 0.3) is 0 Å². The van der Waals surface area contributed by atoms with Crippen LogP contribution in [0.25, 0.3) is 60.5 Å². The minimum absolute atomic E-state index is 0.146. The second-order valence-electron chi connectivity index (χ2n) is 18.7. The van der Waals surface area contributed by atoms with Crippen molar-refractivity contribution in [3.63, 3.8) is 0 Å². The van der Waals surface area contributed by atoms with Crippen molar-refractivity contribution in [3.8, 4) is 0 Å². The molecular weight excluding hydrogens is 969 g/mol. The van der Waals surface area contributed by atoms with E-state index in [0.29, 0.717) is 11.8 Å². The molecule has 0 fully saturated rings. The summed E-state index contributed by atoms with van der Waals surface area (Å²) in [4.78, 5) is 29.3. The molecule has 338 valence electrons. The molecule has 7 rings (SSSR count). The molecular formula is C54H72Br2O2S4. The second-order valence-corrected chi connectivity index (χ2v) is 25.4. The normalized spacial score (nSPS) is 13.5. The third-order valence-corrected chi connectivity index (χ3v) is 20.7. The van der Waals surface area contributed by atoms with Gasteiger partial charge in [-0.3, -0.25) is 9.59 Å². The fourth-order valence-electron chi connectivity index (χ4n) is 10.5. The van der Waals surface area contributed by atoms with Crippen LogP contribution < -0.4 is 10.9 Å². The van der Waals surface area contributed by atoms with Crippen molar-refractivity contribution in [2.24, 2.45) is 0 Å². The predicted octanol–water partition coefficient (Wildman–Crippen LogP) is 21.1. The Morgan fingerprint density at radius 2 is 0.661 bits per heavy atom. The van der Waals surface area contributed by atoms with Crippen molar-refractivity contribution in [1.29, 1.82) is 0 Å². The zero-order valence-electron chi connectivity index (χ0n) is 38.3. The van der Waals surface area contributed by atoms with Gasteiger partial charge in [-0.2, -0.15) is 0 Å². The Kier molecular flexibility index (Phi) is 18.9. The molecule has 7 aromatic rings. The molecule has 0 saturated heterocycles. The minimum Gasteiger partial charge on any atom is -0.288 e. The molecule has 3 aromatic carbocycles. The molecule has 0 radical (unpaired) electrons. The van der Waals surface area contributed by atoms with Gasteiger partial charge in [-0.1, -0.05) is 182 Å². The molecule has 2 atom stereocenters. The van der Waals surface area contributed by atoms with Crippen LogP contribution in [0.5, 0.6) is 0 Å². The molecule has 0 bridgehead atoms. The van der Waals surface area contributed by atoms with Gasteiger partial charge in [0.2, 0.25) is 0 Å². The van der Waals surface area contributed by atoms with E-state index in [1.807, 2.05) is 22.7 Å². The molecule has 0 aliphatic rings. The molecule has 0 N–H and O–H groups in total. The standard InChI is InChI=1S/C54H72Br2O2S4/c1-5-9-13-17-19-23-27-31-35(29-25-21-15-11-7-3)41-49-51(61-53(41)55)43-45(57)37-34-40-38(33-39(37)47(43)59-49)46(58)44-48(40)60-50-42(54(56)62-52(44)50)36(30-26-22-16-12-8-4)32-28-24-20-18-14-10-6-2/h33-36H,5-32H2,1-4H3. The third kappa shape index (κ3) is 10.8. The highest BCUT2D eigenvalue weighted by Gasteiger charge is 2.29. The monoisotopic (exact) mass is 1040 g/mol. The van der Waals surface area contributed by atoms with Crippen molar-refractivity contribution in [1.82, 2.24) is 0 Å². The summed E-state index contributed by atoms with van der Waals surface area (Å²) in [5.41, 5.74) is 3.20. The van der Waals surface area contributed by atoms with E-state index in [-0.39, 0.29) is 10.9 Å². The first-order valence-electron chi connectivity index (χ1n) is 25.1. The van der Waals surface area contributed by atoms with E-state index in [2.05, 4.69) is 71.7 Å². The Balaban J connectivity index is 1.21. The summed E-state index contributed by atoms with van der Waals surface area (Å²) < 4.78 is 9.55. The van der Waals surface area contributed by atoms with E-state index >= 15 is 0 Å². The summed E-state index contributed by atoms with van der Waals surface area (Å²) in [5, 5.41) is 5.31. The molecule has 4 heterocycles. The number of hydrogen-bond acceptors (Lipinski definition) is 6. The molecule has 0 spiro atoms. The molecule has 4 aromatic heterocycles. The Hall–Kier alpha value is -1.16. The Morgan fingerprint density at radius 1 is 0.371 bits per heavy atom. The highest BCUT2D eigenvalue weighted by molar-refractivity contribution is 9.11. The molecule has 0 aliphatic heterocycles. The summed E-state index contributed by atoms with van der Waals surface area (Å²) in [6.07, 6.45) is 36.5. The first-order valence-corrected chi connectivity index (χ1v) is 30.0. The van der Waals surface area contributed by atoms with E-state index in [1.54, 1.807) is 22.7 Å². The van der Waals surface area contributed by atoms with Gasteiger partial charge in [-0.15, -0.1) is 45.3 Å². The van der Waals surface area contributed by atoms with Crippen LogP contribution in [0.15, 0.2) is 29.3 Å². The average molecular weight is 1040 g/mol. The minimum atomic E-state index is 0.146. The van der Waals surface area contributed by atoms with Gasteiger partial charge in [0.05, 0.1) is 37.1 Å². The largest absolute Gasteiger partial charge is 0.288 e. The Bertz CT molecular complexity index is 2410. The summed E-state index contributed by atoms with van der Waals surface area (Å²) in [6.45, 7) is 9.18. The molecule has 2 unspecified atom stereocenters. The first-order chi connectivity index (χ1) is 30.3. The van der Waals surface area contributed by atoms with Crippen LogP contribution >= 0.6 is 77.2 Å². The maximum Gasteiger partial charge on any atom is 0.196 e. The van der Waals surface area contributed by atoms with E-state index in [9.17, 15) is 9.59 Å². The lowest BCUT2D eigenvalue weighted by Gasteiger charge is -2.17. The van der Waals surface area contributed by atoms with Gasteiger partial charge in [0.15, 0.2) is 10.9 Å². The summed E-state index contributed by atoms with van der Waals surface area (Å²) in [5.74, 6) is 1.02. The number of benzene rings is 1. The number of hydrogen-bond donors (Lipinski definition) is 0. The van der Waals surface area contributed by atoms with E-state index < -0.39 is 0 Å². The van der Waals surface area contributed by atoms with E-state index in [1.165, 1.54) is 208 Å². The van der Waals surface area contributed by atoms with Gasteiger partial charge in [-0.25, -0.2) is 0 Å². The zero-order chi connectivity index (χ0) is 43.6. The number of fused-ring (bicyclic) bond motifs is 10. The highest BCUT2D eigenvalue weighted by Crippen LogP contribution is 2.53. The molecule has 0 amide bonds. The number of unbranched alkanes of at least 4 members (excludes halogenated alkanes) is 20. The average Bonchev–Trinajstić information content (AvgIpc) is 4.08. The van der Waals surface area contributed by atoms with Gasteiger partial charge >= 0.3 is 0 Å². The first kappa shape index (κ1) is 48.8. The van der Waals surface area contributed by atoms with Crippen LogP contribution in [0.1, 0.15) is 230 Å². The number of rotatable bonds is 30. The molecule has 0 aliphatic carbocycles. The fourth-order valence-corrected chi connectivity index (χ4v) is 18.4. The maximum atomic E-state index is 14.6. The molecule has 8 heteroatoms. The predicted molar refractivity (Wildman–Crippen MR) is 291 cm³/mol. The lowest BCUT2D eigenvalue weighted by Crippen LogP contribution is -2.00. The van der Waals surface area contributed by atoms with Crippen molar-refractivity contribution in [2.45, 2.75) is 219 Å². The Labute approximate surface area is 405 Å². The van der Waals surface area contributed by atoms with Gasteiger partial charge in [0, 0.05) is 30.9 Å². The smallest absolute Gasteiger partial charge is 0.196 e. The number of thiophene rings is 4. The fraction of sp³-hybridized carbons (Fsp3) is 0.630. The lowest BCUT2D eigenvalue weighted by atomic mass is 9.89. The van der Waals surface area contributed by atoms with Gasteiger partial charge in [-0.05, 0) is 92.6 Å². The van der Waals surface area contributed by atoms with Gasteiger partial charge < -0.3 is 0 Å². The maximum absolute atomic E-state index is 14.6. The molecule has 0 saturated carbocycles. The topological polar surface area (TPSA) is 34.1 Å². The molecule has 2 nitrogen and oxygen atoms in total. The van der Waals surface area contributed by atoms with Crippen LogP contribution in [0.3, 0.4) is 0 Å². The van der Waals surface area contributed by atoms with Crippen LogP contribution in [0.4, 0.5) is 0 Å². The number of halogens is 2. The lowest BCUT2D eigenvalue weighted by molar-refractivity contribution is 0.489. The highest BCUT2D eigenvalue weighted by atomic mass is 79.9. The zero-order valence-corrected chi connectivity index (χ0v) is 44.8. The second kappa shape index (κ2) is 24.0. The summed E-state index contributed by atoms with van der Waals surface area (Å²) in [6, 6.07) is 4.22. The van der Waals surface area contributed by atoms with Crippen LogP contribution in [-0.4, -0.2) is 0 Å². The summed E-state index contributed by atoms with van der Waals surface area (Å²) in [7, 11) is 0. The van der Waals surface area contributed by atoms with Crippen LogP contribution in [0.2, 0.25) is 0 Å². The summed E-state index contributed by atoms with van der Waals surface area (Å²) >= 11 is 15.3. The van der Waals surface area contributed by atoms with Crippen LogP contribution in [0, 0.1) is 0 Å². The Morgan fingerprint density at radius 3 is 0.968 bits per heavy atom.